The van der Waals surface area contributed by atoms with E-state index < -0.39 is 12.0 Å². The van der Waals surface area contributed by atoms with Crippen LogP contribution >= 0.6 is 0 Å². The van der Waals surface area contributed by atoms with Crippen molar-refractivity contribution in [1.29, 1.82) is 0 Å². The number of pyridine rings is 1. The van der Waals surface area contributed by atoms with E-state index in [9.17, 15) is 19.5 Å². The van der Waals surface area contributed by atoms with Crippen molar-refractivity contribution in [2.24, 2.45) is 0 Å². The Bertz CT molecular complexity index is 2030. The maximum atomic E-state index is 13.6. The second kappa shape index (κ2) is 14.9. The van der Waals surface area contributed by atoms with Crippen molar-refractivity contribution in [2.75, 3.05) is 23.4 Å². The number of carbonyl (C=O) groups is 3. The Hall–Kier alpha value is -6.28. The van der Waals surface area contributed by atoms with E-state index in [1.165, 1.54) is 0 Å². The summed E-state index contributed by atoms with van der Waals surface area (Å²) < 4.78 is 6.02. The number of carboxylic acids is 1. The van der Waals surface area contributed by atoms with E-state index in [4.69, 9.17) is 4.74 Å². The number of hydrogen-bond acceptors (Lipinski definition) is 6. The van der Waals surface area contributed by atoms with Gasteiger partial charge in [0.05, 0.1) is 12.1 Å². The smallest absolute Gasteiger partial charge is 0.326 e. The summed E-state index contributed by atoms with van der Waals surface area (Å²) in [4.78, 5) is 45.3. The maximum absolute atomic E-state index is 13.6. The molecule has 48 heavy (non-hydrogen) atoms. The summed E-state index contributed by atoms with van der Waals surface area (Å²) >= 11 is 0. The first-order valence-corrected chi connectivity index (χ1v) is 15.6. The molecule has 0 bridgehead atoms. The fourth-order valence-corrected chi connectivity index (χ4v) is 5.43. The molecule has 0 aliphatic heterocycles. The van der Waals surface area contributed by atoms with E-state index in [0.29, 0.717) is 28.3 Å². The van der Waals surface area contributed by atoms with Gasteiger partial charge in [0.25, 0.3) is 5.91 Å². The summed E-state index contributed by atoms with van der Waals surface area (Å²) in [6.45, 7) is 0.504. The van der Waals surface area contributed by atoms with Crippen molar-refractivity contribution < 1.29 is 24.2 Å². The summed E-state index contributed by atoms with van der Waals surface area (Å²) in [6, 6.07) is 42.7. The molecule has 1 atom stereocenters. The third kappa shape index (κ3) is 7.57. The van der Waals surface area contributed by atoms with Gasteiger partial charge in [-0.2, -0.15) is 0 Å². The predicted molar refractivity (Wildman–Crippen MR) is 187 cm³/mol. The lowest BCUT2D eigenvalue weighted by Gasteiger charge is -2.23. The van der Waals surface area contributed by atoms with E-state index >= 15 is 0 Å². The number of anilines is 2. The van der Waals surface area contributed by atoms with Crippen LogP contribution in [0.3, 0.4) is 0 Å². The van der Waals surface area contributed by atoms with Gasteiger partial charge in [-0.1, -0.05) is 97.1 Å². The van der Waals surface area contributed by atoms with Gasteiger partial charge >= 0.3 is 5.97 Å². The number of ether oxygens (including phenoxy) is 1. The Morgan fingerprint density at radius 1 is 0.729 bits per heavy atom. The van der Waals surface area contributed by atoms with Crippen LogP contribution in [-0.4, -0.2) is 46.9 Å². The summed E-state index contributed by atoms with van der Waals surface area (Å²) in [7, 11) is 0. The van der Waals surface area contributed by atoms with Gasteiger partial charge in [-0.15, -0.1) is 0 Å². The zero-order valence-electron chi connectivity index (χ0n) is 26.0. The number of fused-ring (bicyclic) bond motifs is 1. The van der Waals surface area contributed by atoms with Crippen LogP contribution in [0.1, 0.15) is 32.0 Å². The quantitative estimate of drug-likeness (QED) is 0.128. The van der Waals surface area contributed by atoms with Crippen molar-refractivity contribution in [3.8, 4) is 5.75 Å². The number of nitrogens with one attached hydrogen (secondary N) is 1. The van der Waals surface area contributed by atoms with Gasteiger partial charge in [-0.05, 0) is 54.1 Å². The number of hydrogen-bond donors (Lipinski definition) is 2. The van der Waals surface area contributed by atoms with Crippen LogP contribution in [0.5, 0.6) is 5.75 Å². The number of aliphatic carboxylic acids is 1. The van der Waals surface area contributed by atoms with Gasteiger partial charge in [0.1, 0.15) is 24.1 Å². The minimum Gasteiger partial charge on any atom is -0.492 e. The Labute approximate surface area is 278 Å². The normalized spacial score (nSPS) is 11.4. The minimum absolute atomic E-state index is 0.179. The van der Waals surface area contributed by atoms with Crippen LogP contribution in [-0.2, 0) is 11.2 Å². The highest BCUT2D eigenvalue weighted by molar-refractivity contribution is 6.12. The number of benzene rings is 5. The number of carboxylic acid groups (broad SMARTS) is 1. The Morgan fingerprint density at radius 3 is 2.15 bits per heavy atom. The number of nitrogens with zero attached hydrogens (tertiary/aromatic N) is 2. The van der Waals surface area contributed by atoms with Gasteiger partial charge in [0.2, 0.25) is 0 Å². The average molecular weight is 636 g/mol. The molecule has 238 valence electrons. The predicted octanol–water partition coefficient (Wildman–Crippen LogP) is 7.30. The molecule has 8 nitrogen and oxygen atoms in total. The van der Waals surface area contributed by atoms with Gasteiger partial charge in [0, 0.05) is 34.3 Å². The molecule has 0 saturated carbocycles. The molecule has 1 aromatic heterocycles. The molecule has 8 heteroatoms. The monoisotopic (exact) mass is 635 g/mol. The molecule has 6 rings (SSSR count). The highest BCUT2D eigenvalue weighted by Gasteiger charge is 2.22. The van der Waals surface area contributed by atoms with Gasteiger partial charge < -0.3 is 20.1 Å². The molecule has 2 N–H and O–H groups in total. The zero-order valence-corrected chi connectivity index (χ0v) is 26.0. The first-order chi connectivity index (χ1) is 23.5. The summed E-state index contributed by atoms with van der Waals surface area (Å²) in [5.74, 6) is -0.874. The van der Waals surface area contributed by atoms with Crippen LogP contribution in [0.2, 0.25) is 0 Å². The van der Waals surface area contributed by atoms with Crippen LogP contribution in [0, 0.1) is 0 Å². The number of amides is 1. The van der Waals surface area contributed by atoms with Crippen LogP contribution in [0.15, 0.2) is 146 Å². The molecule has 0 spiro atoms. The largest absolute Gasteiger partial charge is 0.492 e. The molecule has 0 fully saturated rings. The van der Waals surface area contributed by atoms with E-state index in [1.54, 1.807) is 71.6 Å². The van der Waals surface area contributed by atoms with E-state index in [0.717, 1.165) is 22.2 Å². The van der Waals surface area contributed by atoms with E-state index in [2.05, 4.69) is 10.3 Å². The molecule has 1 heterocycles. The van der Waals surface area contributed by atoms with Crippen molar-refractivity contribution in [3.63, 3.8) is 0 Å². The highest BCUT2D eigenvalue weighted by Crippen LogP contribution is 2.23. The van der Waals surface area contributed by atoms with E-state index in [-0.39, 0.29) is 31.3 Å². The lowest BCUT2D eigenvalue weighted by molar-refractivity contribution is -0.137. The lowest BCUT2D eigenvalue weighted by atomic mass is 10.00. The van der Waals surface area contributed by atoms with Crippen LogP contribution in [0.4, 0.5) is 11.4 Å². The number of aromatic nitrogens is 1. The standard InChI is InChI=1S/C40H33N3O5/c44-38(30-12-3-1-4-13-30)33-16-8-10-18-35(33)42-37(40(46)47)27-28-19-22-32(23-20-28)48-26-25-43(31-14-5-2-6-15-31)39(45)36-24-21-29-11-7-9-17-34(29)41-36/h1-24,37,42H,25-27H2,(H,46,47). The molecule has 6 aromatic rings. The van der Waals surface area contributed by atoms with Crippen molar-refractivity contribution in [2.45, 2.75) is 12.5 Å². The van der Waals surface area contributed by atoms with Gasteiger partial charge in [-0.25, -0.2) is 9.78 Å². The second-order valence-corrected chi connectivity index (χ2v) is 11.2. The number of rotatable bonds is 13. The topological polar surface area (TPSA) is 109 Å². The Morgan fingerprint density at radius 2 is 1.40 bits per heavy atom. The first-order valence-electron chi connectivity index (χ1n) is 15.6. The summed E-state index contributed by atoms with van der Waals surface area (Å²) in [5, 5.41) is 14.1. The molecular formula is C40H33N3O5. The molecule has 0 radical (unpaired) electrons. The SMILES string of the molecule is O=C(c1ccccc1)c1ccccc1NC(Cc1ccc(OCCN(C(=O)c2ccc3ccccc3n2)c2ccccc2)cc1)C(=O)O. The van der Waals surface area contributed by atoms with Crippen molar-refractivity contribution in [3.05, 3.63) is 168 Å². The number of carbonyl (C=O) groups excluding carboxylic acids is 2. The lowest BCUT2D eigenvalue weighted by Crippen LogP contribution is -2.35. The van der Waals surface area contributed by atoms with E-state index in [1.807, 2.05) is 78.9 Å². The molecule has 0 aliphatic rings. The molecule has 0 aliphatic carbocycles. The third-order valence-electron chi connectivity index (χ3n) is 7.91. The third-order valence-corrected chi connectivity index (χ3v) is 7.91. The van der Waals surface area contributed by atoms with Crippen LogP contribution < -0.4 is 15.0 Å². The molecule has 1 amide bonds. The minimum atomic E-state index is -1.04. The number of para-hydroxylation sites is 3. The van der Waals surface area contributed by atoms with Crippen molar-refractivity contribution >= 4 is 39.9 Å². The van der Waals surface area contributed by atoms with Gasteiger partial charge in [-0.3, -0.25) is 9.59 Å². The molecule has 5 aromatic carbocycles. The van der Waals surface area contributed by atoms with Gasteiger partial charge in [0.15, 0.2) is 5.78 Å². The fraction of sp³-hybridized carbons (Fsp3) is 0.100. The Kier molecular flexibility index (Phi) is 9.82. The average Bonchev–Trinajstić information content (AvgIpc) is 3.14. The maximum Gasteiger partial charge on any atom is 0.326 e. The summed E-state index contributed by atoms with van der Waals surface area (Å²) in [6.07, 6.45) is 0.179. The fourth-order valence-electron chi connectivity index (χ4n) is 5.43. The molecule has 1 unspecified atom stereocenters. The second-order valence-electron chi connectivity index (χ2n) is 11.2. The highest BCUT2D eigenvalue weighted by atomic mass is 16.5. The Balaban J connectivity index is 1.10. The molecule has 0 saturated heterocycles. The van der Waals surface area contributed by atoms with Crippen LogP contribution in [0.25, 0.3) is 10.9 Å². The van der Waals surface area contributed by atoms with Crippen molar-refractivity contribution in [1.82, 2.24) is 4.98 Å². The summed E-state index contributed by atoms with van der Waals surface area (Å²) in [5.41, 5.74) is 3.98. The first kappa shape index (κ1) is 31.7. The zero-order chi connectivity index (χ0) is 33.3. The molecular weight excluding hydrogens is 602 g/mol. The number of ketones is 1.